The molecule has 0 bridgehead atoms. The van der Waals surface area contributed by atoms with Crippen LogP contribution < -0.4 is 27.4 Å². The van der Waals surface area contributed by atoms with Gasteiger partial charge < -0.3 is 32.5 Å². The van der Waals surface area contributed by atoms with Crippen LogP contribution in [0.2, 0.25) is 0 Å². The lowest BCUT2D eigenvalue weighted by molar-refractivity contribution is -0.142. The summed E-state index contributed by atoms with van der Waals surface area (Å²) in [5, 5.41) is 17.0. The Kier molecular flexibility index (Phi) is 11.4. The van der Waals surface area contributed by atoms with Crippen LogP contribution >= 0.6 is 0 Å². The summed E-state index contributed by atoms with van der Waals surface area (Å²) in [4.78, 5) is 62.2. The first kappa shape index (κ1) is 30.0. The Hall–Kier alpha value is -4.25. The first-order chi connectivity index (χ1) is 18.0. The largest absolute Gasteiger partial charge is 0.480 e. The highest BCUT2D eigenvalue weighted by Crippen LogP contribution is 2.08. The van der Waals surface area contributed by atoms with Gasteiger partial charge in [0.25, 0.3) is 0 Å². The molecule has 0 fully saturated rings. The van der Waals surface area contributed by atoms with Crippen LogP contribution in [0.15, 0.2) is 60.7 Å². The first-order valence-corrected chi connectivity index (χ1v) is 12.2. The molecule has 0 spiro atoms. The van der Waals surface area contributed by atoms with Crippen molar-refractivity contribution >= 4 is 29.6 Å². The summed E-state index contributed by atoms with van der Waals surface area (Å²) in [6, 6.07) is 13.0. The first-order valence-electron chi connectivity index (χ1n) is 12.2. The lowest BCUT2D eigenvalue weighted by Gasteiger charge is -2.27. The van der Waals surface area contributed by atoms with Gasteiger partial charge in [0.2, 0.25) is 23.6 Å². The van der Waals surface area contributed by atoms with Gasteiger partial charge in [0, 0.05) is 6.42 Å². The molecule has 0 heterocycles. The van der Waals surface area contributed by atoms with E-state index in [-0.39, 0.29) is 12.8 Å². The van der Waals surface area contributed by atoms with Gasteiger partial charge in [0.15, 0.2) is 0 Å². The molecule has 11 heteroatoms. The Balaban J connectivity index is 2.10. The van der Waals surface area contributed by atoms with Crippen LogP contribution in [0.4, 0.5) is 0 Å². The molecule has 0 saturated heterocycles. The number of carbonyl (C=O) groups excluding carboxylic acids is 4. The zero-order valence-corrected chi connectivity index (χ0v) is 21.4. The molecule has 0 aliphatic heterocycles. The van der Waals surface area contributed by atoms with Crippen LogP contribution in [0, 0.1) is 5.92 Å². The van der Waals surface area contributed by atoms with Gasteiger partial charge >= 0.3 is 5.97 Å². The normalized spacial score (nSPS) is 14.0. The van der Waals surface area contributed by atoms with E-state index in [9.17, 15) is 29.1 Å². The average molecular weight is 526 g/mol. The molecule has 4 atom stereocenters. The van der Waals surface area contributed by atoms with Gasteiger partial charge in [-0.05, 0) is 23.5 Å². The molecule has 8 N–H and O–H groups in total. The van der Waals surface area contributed by atoms with Crippen molar-refractivity contribution in [3.05, 3.63) is 71.8 Å². The molecular weight excluding hydrogens is 490 g/mol. The number of carbonyl (C=O) groups is 5. The number of amides is 4. The summed E-state index contributed by atoms with van der Waals surface area (Å²) in [7, 11) is 0. The number of benzene rings is 2. The standard InChI is InChI=1S/C27H35N5O6/c1-16(2)23(26(36)31-21(27(37)38)14-18-11-7-4-8-12-18)32-25(35)20(15-22(29)33)30-24(34)19(28)13-17-9-5-3-6-10-17/h3-12,16,19-21,23H,13-15,28H2,1-2H3,(H2,29,33)(H,30,34)(H,31,36)(H,32,35)(H,37,38). The summed E-state index contributed by atoms with van der Waals surface area (Å²) in [6.07, 6.45) is -0.277. The molecule has 4 amide bonds. The Morgan fingerprint density at radius 1 is 0.737 bits per heavy atom. The maximum atomic E-state index is 13.1. The lowest BCUT2D eigenvalue weighted by atomic mass is 10.0. The highest BCUT2D eigenvalue weighted by Gasteiger charge is 2.32. The zero-order valence-electron chi connectivity index (χ0n) is 21.4. The summed E-state index contributed by atoms with van der Waals surface area (Å²) in [6.45, 7) is 3.32. The van der Waals surface area contributed by atoms with E-state index in [1.54, 1.807) is 68.4 Å². The second-order valence-corrected chi connectivity index (χ2v) is 9.35. The van der Waals surface area contributed by atoms with Crippen LogP contribution in [-0.4, -0.2) is 58.9 Å². The zero-order chi connectivity index (χ0) is 28.2. The molecule has 204 valence electrons. The predicted molar refractivity (Wildman–Crippen MR) is 140 cm³/mol. The SMILES string of the molecule is CC(C)C(NC(=O)C(CC(N)=O)NC(=O)C(N)Cc1ccccc1)C(=O)NC(Cc1ccccc1)C(=O)O. The molecule has 0 radical (unpaired) electrons. The molecule has 11 nitrogen and oxygen atoms in total. The molecule has 0 saturated carbocycles. The summed E-state index contributed by atoms with van der Waals surface area (Å²) in [5.74, 6) is -4.75. The van der Waals surface area contributed by atoms with Crippen LogP contribution in [0.25, 0.3) is 0 Å². The highest BCUT2D eigenvalue weighted by atomic mass is 16.4. The van der Waals surface area contributed by atoms with Crippen molar-refractivity contribution in [1.29, 1.82) is 0 Å². The minimum Gasteiger partial charge on any atom is -0.480 e. The fourth-order valence-corrected chi connectivity index (χ4v) is 3.75. The number of nitrogens with two attached hydrogens (primary N) is 2. The minimum atomic E-state index is -1.38. The number of aliphatic carboxylic acids is 1. The topological polar surface area (TPSA) is 194 Å². The second-order valence-electron chi connectivity index (χ2n) is 9.35. The molecule has 38 heavy (non-hydrogen) atoms. The molecule has 2 aromatic rings. The van der Waals surface area contributed by atoms with Gasteiger partial charge in [-0.2, -0.15) is 0 Å². The molecule has 0 aliphatic carbocycles. The smallest absolute Gasteiger partial charge is 0.326 e. The Bertz CT molecular complexity index is 1110. The number of primary amides is 1. The van der Waals surface area contributed by atoms with Crippen molar-refractivity contribution in [2.75, 3.05) is 0 Å². The van der Waals surface area contributed by atoms with Gasteiger partial charge in [0.1, 0.15) is 18.1 Å². The van der Waals surface area contributed by atoms with Crippen LogP contribution in [-0.2, 0) is 36.8 Å². The van der Waals surface area contributed by atoms with E-state index in [4.69, 9.17) is 11.5 Å². The van der Waals surface area contributed by atoms with E-state index >= 15 is 0 Å². The number of nitrogens with one attached hydrogen (secondary N) is 3. The van der Waals surface area contributed by atoms with Crippen molar-refractivity contribution in [1.82, 2.24) is 16.0 Å². The number of rotatable bonds is 14. The number of carboxylic acids is 1. The van der Waals surface area contributed by atoms with E-state index in [1.165, 1.54) is 0 Å². The maximum absolute atomic E-state index is 13.1. The van der Waals surface area contributed by atoms with E-state index in [0.717, 1.165) is 5.56 Å². The Labute approximate surface area is 221 Å². The fourth-order valence-electron chi connectivity index (χ4n) is 3.75. The minimum absolute atomic E-state index is 0.0420. The van der Waals surface area contributed by atoms with Gasteiger partial charge in [0.05, 0.1) is 12.5 Å². The second kappa shape index (κ2) is 14.5. The van der Waals surface area contributed by atoms with Gasteiger partial charge in [-0.15, -0.1) is 0 Å². The molecule has 2 rings (SSSR count). The van der Waals surface area contributed by atoms with E-state index in [0.29, 0.717) is 5.56 Å². The third-order valence-electron chi connectivity index (χ3n) is 5.82. The quantitative estimate of drug-likeness (QED) is 0.198. The fraction of sp³-hybridized carbons (Fsp3) is 0.370. The van der Waals surface area contributed by atoms with E-state index in [1.807, 2.05) is 6.07 Å². The maximum Gasteiger partial charge on any atom is 0.326 e. The van der Waals surface area contributed by atoms with Crippen molar-refractivity contribution in [2.24, 2.45) is 17.4 Å². The van der Waals surface area contributed by atoms with Crippen LogP contribution in [0.1, 0.15) is 31.4 Å². The van der Waals surface area contributed by atoms with Crippen molar-refractivity contribution in [3.63, 3.8) is 0 Å². The molecular formula is C27H35N5O6. The third kappa shape index (κ3) is 9.66. The van der Waals surface area contributed by atoms with Crippen molar-refractivity contribution in [2.45, 2.75) is 57.3 Å². The van der Waals surface area contributed by atoms with Gasteiger partial charge in [-0.3, -0.25) is 19.2 Å². The van der Waals surface area contributed by atoms with Gasteiger partial charge in [-0.1, -0.05) is 74.5 Å². The third-order valence-corrected chi connectivity index (χ3v) is 5.82. The van der Waals surface area contributed by atoms with Gasteiger partial charge in [-0.25, -0.2) is 4.79 Å². The Morgan fingerprint density at radius 3 is 1.71 bits per heavy atom. The lowest BCUT2D eigenvalue weighted by Crippen LogP contribution is -2.59. The molecule has 4 unspecified atom stereocenters. The van der Waals surface area contributed by atoms with Crippen molar-refractivity contribution in [3.8, 4) is 0 Å². The monoisotopic (exact) mass is 525 g/mol. The highest BCUT2D eigenvalue weighted by molar-refractivity contribution is 5.96. The van der Waals surface area contributed by atoms with E-state index in [2.05, 4.69) is 16.0 Å². The number of hydrogen-bond donors (Lipinski definition) is 6. The molecule has 0 aromatic heterocycles. The summed E-state index contributed by atoms with van der Waals surface area (Å²) < 4.78 is 0. The Morgan fingerprint density at radius 2 is 1.24 bits per heavy atom. The number of hydrogen-bond acceptors (Lipinski definition) is 6. The van der Waals surface area contributed by atoms with Crippen LogP contribution in [0.3, 0.4) is 0 Å². The predicted octanol–water partition coefficient (Wildman–Crippen LogP) is -0.130. The molecule has 2 aromatic carbocycles. The van der Waals surface area contributed by atoms with Crippen molar-refractivity contribution < 1.29 is 29.1 Å². The molecule has 0 aliphatic rings. The summed E-state index contributed by atoms with van der Waals surface area (Å²) >= 11 is 0. The van der Waals surface area contributed by atoms with E-state index < -0.39 is 66.1 Å². The average Bonchev–Trinajstić information content (AvgIpc) is 2.86. The number of carboxylic acid groups (broad SMARTS) is 1. The summed E-state index contributed by atoms with van der Waals surface area (Å²) in [5.41, 5.74) is 12.8. The van der Waals surface area contributed by atoms with Crippen LogP contribution in [0.5, 0.6) is 0 Å².